The van der Waals surface area contributed by atoms with Gasteiger partial charge in [0.2, 0.25) is 0 Å². The average Bonchev–Trinajstić information content (AvgIpc) is 2.69. The van der Waals surface area contributed by atoms with Gasteiger partial charge in [0.15, 0.2) is 0 Å². The number of nitrogens with zero attached hydrogens (tertiary/aromatic N) is 3. The number of benzene rings is 1. The number of rotatable bonds is 4. The Morgan fingerprint density at radius 3 is 2.58 bits per heavy atom. The van der Waals surface area contributed by atoms with Crippen LogP contribution in [0.4, 0.5) is 5.69 Å². The summed E-state index contributed by atoms with van der Waals surface area (Å²) in [5.41, 5.74) is 2.82. The second kappa shape index (κ2) is 7.17. The maximum atomic E-state index is 12.4. The number of hydrogen-bond donors (Lipinski definition) is 1. The van der Waals surface area contributed by atoms with Crippen LogP contribution >= 0.6 is 0 Å². The van der Waals surface area contributed by atoms with Crippen molar-refractivity contribution >= 4 is 16.6 Å². The fourth-order valence-electron chi connectivity index (χ4n) is 3.43. The van der Waals surface area contributed by atoms with Crippen molar-refractivity contribution in [2.75, 3.05) is 38.2 Å². The van der Waals surface area contributed by atoms with Crippen LogP contribution in [-0.4, -0.2) is 48.2 Å². The Kier molecular flexibility index (Phi) is 4.58. The summed E-state index contributed by atoms with van der Waals surface area (Å²) in [4.78, 5) is 24.2. The SMILES string of the molecule is COc1ccc2[nH]c(=O)c(CN3CCN(c4ccncc4)CC3)cc2c1. The summed E-state index contributed by atoms with van der Waals surface area (Å²) >= 11 is 0. The van der Waals surface area contributed by atoms with Gasteiger partial charge in [0.25, 0.3) is 5.56 Å². The van der Waals surface area contributed by atoms with E-state index in [4.69, 9.17) is 4.74 Å². The lowest BCUT2D eigenvalue weighted by molar-refractivity contribution is 0.249. The van der Waals surface area contributed by atoms with E-state index >= 15 is 0 Å². The van der Waals surface area contributed by atoms with E-state index < -0.39 is 0 Å². The summed E-state index contributed by atoms with van der Waals surface area (Å²) in [5, 5.41) is 0.995. The Balaban J connectivity index is 1.48. The van der Waals surface area contributed by atoms with Gasteiger partial charge in [-0.1, -0.05) is 0 Å². The molecule has 6 nitrogen and oxygen atoms in total. The molecule has 1 N–H and O–H groups in total. The van der Waals surface area contributed by atoms with Crippen LogP contribution in [0.1, 0.15) is 5.56 Å². The smallest absolute Gasteiger partial charge is 0.252 e. The van der Waals surface area contributed by atoms with Crippen LogP contribution in [0.25, 0.3) is 10.9 Å². The molecule has 1 aromatic carbocycles. The number of pyridine rings is 2. The van der Waals surface area contributed by atoms with E-state index in [0.29, 0.717) is 6.54 Å². The highest BCUT2D eigenvalue weighted by molar-refractivity contribution is 5.80. The standard InChI is InChI=1S/C20H22N4O2/c1-26-18-2-3-19-15(13-18)12-16(20(25)22-19)14-23-8-10-24(11-9-23)17-4-6-21-7-5-17/h2-7,12-13H,8-11,14H2,1H3,(H,22,25). The van der Waals surface area contributed by atoms with Crippen molar-refractivity contribution in [1.29, 1.82) is 0 Å². The van der Waals surface area contributed by atoms with Crippen LogP contribution in [-0.2, 0) is 6.54 Å². The van der Waals surface area contributed by atoms with E-state index in [9.17, 15) is 4.79 Å². The van der Waals surface area contributed by atoms with Gasteiger partial charge in [-0.05, 0) is 36.4 Å². The topological polar surface area (TPSA) is 61.5 Å². The van der Waals surface area contributed by atoms with E-state index in [-0.39, 0.29) is 5.56 Å². The Hall–Kier alpha value is -2.86. The van der Waals surface area contributed by atoms with E-state index in [2.05, 4.69) is 19.8 Å². The second-order valence-electron chi connectivity index (χ2n) is 6.55. The number of ether oxygens (including phenoxy) is 1. The molecule has 134 valence electrons. The zero-order valence-corrected chi connectivity index (χ0v) is 14.8. The van der Waals surface area contributed by atoms with Crippen LogP contribution in [0.15, 0.2) is 53.6 Å². The molecule has 4 rings (SSSR count). The van der Waals surface area contributed by atoms with Gasteiger partial charge in [0.1, 0.15) is 5.75 Å². The minimum Gasteiger partial charge on any atom is -0.497 e. The van der Waals surface area contributed by atoms with E-state index in [0.717, 1.165) is 48.4 Å². The number of nitrogens with one attached hydrogen (secondary N) is 1. The molecular weight excluding hydrogens is 328 g/mol. The molecule has 6 heteroatoms. The van der Waals surface area contributed by atoms with E-state index in [1.165, 1.54) is 5.69 Å². The van der Waals surface area contributed by atoms with Crippen molar-refractivity contribution in [3.63, 3.8) is 0 Å². The van der Waals surface area contributed by atoms with Crippen molar-refractivity contribution < 1.29 is 4.74 Å². The average molecular weight is 350 g/mol. The molecule has 3 heterocycles. The van der Waals surface area contributed by atoms with Crippen molar-refractivity contribution in [3.8, 4) is 5.75 Å². The molecule has 26 heavy (non-hydrogen) atoms. The summed E-state index contributed by atoms with van der Waals surface area (Å²) in [6.07, 6.45) is 3.65. The molecule has 0 saturated carbocycles. The highest BCUT2D eigenvalue weighted by Crippen LogP contribution is 2.20. The largest absolute Gasteiger partial charge is 0.497 e. The van der Waals surface area contributed by atoms with Gasteiger partial charge in [0.05, 0.1) is 7.11 Å². The molecule has 0 amide bonds. The van der Waals surface area contributed by atoms with Crippen molar-refractivity contribution in [3.05, 3.63) is 64.7 Å². The molecule has 0 radical (unpaired) electrons. The molecule has 0 atom stereocenters. The minimum absolute atomic E-state index is 0.0146. The van der Waals surface area contributed by atoms with E-state index in [1.807, 2.05) is 48.8 Å². The summed E-state index contributed by atoms with van der Waals surface area (Å²) in [6.45, 7) is 4.41. The third-order valence-electron chi connectivity index (χ3n) is 4.92. The highest BCUT2D eigenvalue weighted by atomic mass is 16.5. The first-order valence-corrected chi connectivity index (χ1v) is 8.80. The Bertz CT molecular complexity index is 947. The quantitative estimate of drug-likeness (QED) is 0.782. The summed E-state index contributed by atoms with van der Waals surface area (Å²) in [7, 11) is 1.65. The molecule has 0 spiro atoms. The first-order valence-electron chi connectivity index (χ1n) is 8.80. The Morgan fingerprint density at radius 1 is 1.08 bits per heavy atom. The molecule has 1 fully saturated rings. The van der Waals surface area contributed by atoms with Crippen molar-refractivity contribution in [1.82, 2.24) is 14.9 Å². The first kappa shape index (κ1) is 16.6. The number of aromatic nitrogens is 2. The minimum atomic E-state index is -0.0146. The summed E-state index contributed by atoms with van der Waals surface area (Å²) in [6, 6.07) is 11.7. The van der Waals surface area contributed by atoms with Crippen molar-refractivity contribution in [2.45, 2.75) is 6.54 Å². The molecule has 2 aromatic heterocycles. The maximum Gasteiger partial charge on any atom is 0.252 e. The predicted octanol–water partition coefficient (Wildman–Crippen LogP) is 2.25. The number of piperazine rings is 1. The zero-order valence-electron chi connectivity index (χ0n) is 14.8. The highest BCUT2D eigenvalue weighted by Gasteiger charge is 2.18. The summed E-state index contributed by atoms with van der Waals surface area (Å²) in [5.74, 6) is 0.793. The number of H-pyrrole nitrogens is 1. The molecule has 3 aromatic rings. The fraction of sp³-hybridized carbons (Fsp3) is 0.300. The van der Waals surface area contributed by atoms with Gasteiger partial charge in [-0.3, -0.25) is 14.7 Å². The number of methoxy groups -OCH3 is 1. The van der Waals surface area contributed by atoms with Gasteiger partial charge >= 0.3 is 0 Å². The van der Waals surface area contributed by atoms with Gasteiger partial charge in [0, 0.05) is 67.3 Å². The normalized spacial score (nSPS) is 15.3. The Labute approximate surface area is 152 Å². The molecule has 0 bridgehead atoms. The lowest BCUT2D eigenvalue weighted by atomic mass is 10.1. The van der Waals surface area contributed by atoms with E-state index in [1.54, 1.807) is 7.11 Å². The van der Waals surface area contributed by atoms with Crippen LogP contribution in [0, 0.1) is 0 Å². The molecular formula is C20H22N4O2. The lowest BCUT2D eigenvalue weighted by Gasteiger charge is -2.35. The molecule has 1 aliphatic rings. The van der Waals surface area contributed by atoms with Crippen LogP contribution in [0.5, 0.6) is 5.75 Å². The fourth-order valence-corrected chi connectivity index (χ4v) is 3.43. The van der Waals surface area contributed by atoms with Gasteiger partial charge < -0.3 is 14.6 Å². The number of fused-ring (bicyclic) bond motifs is 1. The van der Waals surface area contributed by atoms with Crippen LogP contribution < -0.4 is 15.2 Å². The Morgan fingerprint density at radius 2 is 1.85 bits per heavy atom. The van der Waals surface area contributed by atoms with Gasteiger partial charge in [-0.25, -0.2) is 0 Å². The van der Waals surface area contributed by atoms with Gasteiger partial charge in [-0.15, -0.1) is 0 Å². The van der Waals surface area contributed by atoms with Crippen LogP contribution in [0.3, 0.4) is 0 Å². The molecule has 0 unspecified atom stereocenters. The van der Waals surface area contributed by atoms with Crippen LogP contribution in [0.2, 0.25) is 0 Å². The number of anilines is 1. The summed E-state index contributed by atoms with van der Waals surface area (Å²) < 4.78 is 5.28. The van der Waals surface area contributed by atoms with Gasteiger partial charge in [-0.2, -0.15) is 0 Å². The number of hydrogen-bond acceptors (Lipinski definition) is 5. The molecule has 1 saturated heterocycles. The second-order valence-corrected chi connectivity index (χ2v) is 6.55. The number of aromatic amines is 1. The molecule has 0 aliphatic carbocycles. The monoisotopic (exact) mass is 350 g/mol. The van der Waals surface area contributed by atoms with Crippen molar-refractivity contribution in [2.24, 2.45) is 0 Å². The first-order chi connectivity index (χ1) is 12.7. The third kappa shape index (κ3) is 3.41. The zero-order chi connectivity index (χ0) is 17.9. The third-order valence-corrected chi connectivity index (χ3v) is 4.92. The lowest BCUT2D eigenvalue weighted by Crippen LogP contribution is -2.46. The maximum absolute atomic E-state index is 12.4. The predicted molar refractivity (Wildman–Crippen MR) is 103 cm³/mol. The molecule has 1 aliphatic heterocycles.